The summed E-state index contributed by atoms with van der Waals surface area (Å²) in [5, 5.41) is 6.27. The molecule has 2 heterocycles. The summed E-state index contributed by atoms with van der Waals surface area (Å²) in [4.78, 5) is 16.5. The van der Waals surface area contributed by atoms with Crippen LogP contribution in [0.2, 0.25) is 10.0 Å². The van der Waals surface area contributed by atoms with Gasteiger partial charge in [-0.2, -0.15) is 0 Å². The van der Waals surface area contributed by atoms with E-state index < -0.39 is 0 Å². The third-order valence-corrected chi connectivity index (χ3v) is 4.50. The second-order valence-electron chi connectivity index (χ2n) is 4.90. The lowest BCUT2D eigenvalue weighted by Gasteiger charge is -2.06. The van der Waals surface area contributed by atoms with E-state index in [1.807, 2.05) is 24.4 Å². The van der Waals surface area contributed by atoms with Crippen molar-refractivity contribution >= 4 is 46.1 Å². The van der Waals surface area contributed by atoms with E-state index in [0.717, 1.165) is 10.8 Å². The Bertz CT molecular complexity index is 857. The summed E-state index contributed by atoms with van der Waals surface area (Å²) >= 11 is 13.3. The number of aromatic nitrogens is 1. The van der Waals surface area contributed by atoms with Crippen LogP contribution in [0.5, 0.6) is 0 Å². The number of carbonyl (C=O) groups is 1. The average Bonchev–Trinajstić information content (AvgIpc) is 3.11. The minimum absolute atomic E-state index is 0.162. The van der Waals surface area contributed by atoms with Gasteiger partial charge < -0.3 is 9.73 Å². The molecule has 1 N–H and O–H groups in total. The van der Waals surface area contributed by atoms with Crippen molar-refractivity contribution in [3.63, 3.8) is 0 Å². The predicted octanol–water partition coefficient (Wildman–Crippen LogP) is 5.20. The zero-order valence-corrected chi connectivity index (χ0v) is 14.4. The molecule has 3 rings (SSSR count). The fourth-order valence-electron chi connectivity index (χ4n) is 2.00. The van der Waals surface area contributed by atoms with Crippen LogP contribution in [0.3, 0.4) is 0 Å². The van der Waals surface area contributed by atoms with Gasteiger partial charge in [-0.25, -0.2) is 4.98 Å². The normalized spacial score (nSPS) is 10.7. The summed E-state index contributed by atoms with van der Waals surface area (Å²) in [5.74, 6) is 1.34. The van der Waals surface area contributed by atoms with Crippen LogP contribution in [-0.2, 0) is 11.2 Å². The highest BCUT2D eigenvalue weighted by Gasteiger charge is 2.12. The quantitative estimate of drug-likeness (QED) is 0.690. The van der Waals surface area contributed by atoms with E-state index in [0.29, 0.717) is 27.2 Å². The van der Waals surface area contributed by atoms with Crippen LogP contribution in [0, 0.1) is 6.92 Å². The van der Waals surface area contributed by atoms with Gasteiger partial charge >= 0.3 is 0 Å². The van der Waals surface area contributed by atoms with E-state index in [1.54, 1.807) is 18.2 Å². The van der Waals surface area contributed by atoms with Gasteiger partial charge in [0.25, 0.3) is 0 Å². The van der Waals surface area contributed by atoms with Gasteiger partial charge in [0.1, 0.15) is 5.76 Å². The summed E-state index contributed by atoms with van der Waals surface area (Å²) in [7, 11) is 0. The van der Waals surface area contributed by atoms with Crippen molar-refractivity contribution in [2.45, 2.75) is 13.3 Å². The molecule has 2 aromatic heterocycles. The van der Waals surface area contributed by atoms with Crippen LogP contribution in [-0.4, -0.2) is 10.9 Å². The third kappa shape index (κ3) is 3.93. The molecule has 0 saturated carbocycles. The number of rotatable bonds is 4. The van der Waals surface area contributed by atoms with Gasteiger partial charge in [0, 0.05) is 10.4 Å². The second-order valence-corrected chi connectivity index (χ2v) is 6.61. The lowest BCUT2D eigenvalue weighted by atomic mass is 10.3. The molecule has 23 heavy (non-hydrogen) atoms. The molecule has 0 atom stereocenters. The number of carbonyl (C=O) groups excluding carboxylic acids is 1. The van der Waals surface area contributed by atoms with Gasteiger partial charge in [0.05, 0.1) is 22.8 Å². The molecule has 1 aromatic carbocycles. The lowest BCUT2D eigenvalue weighted by Crippen LogP contribution is -2.14. The number of aryl methyl sites for hydroxylation is 1. The van der Waals surface area contributed by atoms with Crippen LogP contribution in [0.15, 0.2) is 40.1 Å². The predicted molar refractivity (Wildman–Crippen MR) is 93.3 cm³/mol. The van der Waals surface area contributed by atoms with Crippen molar-refractivity contribution in [1.82, 2.24) is 4.98 Å². The van der Waals surface area contributed by atoms with E-state index in [4.69, 9.17) is 27.6 Å². The van der Waals surface area contributed by atoms with E-state index >= 15 is 0 Å². The summed E-state index contributed by atoms with van der Waals surface area (Å²) in [6.07, 6.45) is 0.162. The van der Waals surface area contributed by atoms with Crippen LogP contribution >= 0.6 is 34.5 Å². The van der Waals surface area contributed by atoms with Crippen molar-refractivity contribution < 1.29 is 9.21 Å². The second kappa shape index (κ2) is 6.74. The molecule has 0 saturated heterocycles. The van der Waals surface area contributed by atoms with Gasteiger partial charge in [0.15, 0.2) is 10.8 Å². The number of benzene rings is 1. The molecule has 1 amide bonds. The van der Waals surface area contributed by atoms with Crippen molar-refractivity contribution in [2.24, 2.45) is 0 Å². The molecule has 0 bridgehead atoms. The Kier molecular flexibility index (Phi) is 4.71. The van der Waals surface area contributed by atoms with Crippen LogP contribution in [0.4, 0.5) is 5.69 Å². The maximum absolute atomic E-state index is 12.1. The van der Waals surface area contributed by atoms with Crippen molar-refractivity contribution in [2.75, 3.05) is 5.32 Å². The highest BCUT2D eigenvalue weighted by molar-refractivity contribution is 7.13. The largest absolute Gasteiger partial charge is 0.459 e. The molecule has 0 unspecified atom stereocenters. The SMILES string of the molecule is Cc1ccc(-c2nc(CC(=O)Nc3ccc(Cl)cc3Cl)cs2)o1. The molecule has 0 aliphatic rings. The number of hydrogen-bond donors (Lipinski definition) is 1. The number of thiazole rings is 1. The maximum Gasteiger partial charge on any atom is 0.230 e. The first kappa shape index (κ1) is 16.1. The highest BCUT2D eigenvalue weighted by atomic mass is 35.5. The maximum atomic E-state index is 12.1. The number of furan rings is 1. The van der Waals surface area contributed by atoms with E-state index in [9.17, 15) is 4.79 Å². The minimum Gasteiger partial charge on any atom is -0.459 e. The Labute approximate surface area is 147 Å². The van der Waals surface area contributed by atoms with Crippen LogP contribution in [0.25, 0.3) is 10.8 Å². The third-order valence-electron chi connectivity index (χ3n) is 3.05. The first-order valence-electron chi connectivity index (χ1n) is 6.77. The van der Waals surface area contributed by atoms with Crippen molar-refractivity contribution in [1.29, 1.82) is 0 Å². The summed E-state index contributed by atoms with van der Waals surface area (Å²) in [5.41, 5.74) is 1.21. The topological polar surface area (TPSA) is 55.1 Å². The number of halogens is 2. The molecule has 0 aliphatic carbocycles. The number of nitrogens with one attached hydrogen (secondary N) is 1. The Morgan fingerprint density at radius 1 is 1.30 bits per heavy atom. The molecule has 4 nitrogen and oxygen atoms in total. The number of hydrogen-bond acceptors (Lipinski definition) is 4. The molecule has 0 aliphatic heterocycles. The zero-order valence-electron chi connectivity index (χ0n) is 12.1. The van der Waals surface area contributed by atoms with Gasteiger partial charge in [-0.15, -0.1) is 11.3 Å². The summed E-state index contributed by atoms with van der Waals surface area (Å²) in [6.45, 7) is 1.88. The molecular weight excluding hydrogens is 355 g/mol. The smallest absolute Gasteiger partial charge is 0.230 e. The first-order chi connectivity index (χ1) is 11.0. The van der Waals surface area contributed by atoms with Gasteiger partial charge in [-0.1, -0.05) is 23.2 Å². The summed E-state index contributed by atoms with van der Waals surface area (Å²) < 4.78 is 5.53. The molecule has 3 aromatic rings. The Hall–Kier alpha value is -1.82. The Morgan fingerprint density at radius 3 is 2.83 bits per heavy atom. The fraction of sp³-hybridized carbons (Fsp3) is 0.125. The fourth-order valence-corrected chi connectivity index (χ4v) is 3.24. The Morgan fingerprint density at radius 2 is 2.13 bits per heavy atom. The van der Waals surface area contributed by atoms with Crippen molar-refractivity contribution in [3.8, 4) is 10.8 Å². The molecule has 7 heteroatoms. The monoisotopic (exact) mass is 366 g/mol. The molecular formula is C16H12Cl2N2O2S. The Balaban J connectivity index is 1.67. The molecule has 0 radical (unpaired) electrons. The highest BCUT2D eigenvalue weighted by Crippen LogP contribution is 2.27. The van der Waals surface area contributed by atoms with Gasteiger partial charge in [-0.3, -0.25) is 4.79 Å². The number of nitrogens with zero attached hydrogens (tertiary/aromatic N) is 1. The van der Waals surface area contributed by atoms with Crippen LogP contribution in [0.1, 0.15) is 11.5 Å². The molecule has 0 fully saturated rings. The lowest BCUT2D eigenvalue weighted by molar-refractivity contribution is -0.115. The minimum atomic E-state index is -0.193. The number of amides is 1. The summed E-state index contributed by atoms with van der Waals surface area (Å²) in [6, 6.07) is 8.67. The number of anilines is 1. The average molecular weight is 367 g/mol. The molecule has 118 valence electrons. The molecule has 0 spiro atoms. The van der Waals surface area contributed by atoms with E-state index in [1.165, 1.54) is 11.3 Å². The standard InChI is InChI=1S/C16H12Cl2N2O2S/c1-9-2-5-14(22-9)16-19-11(8-23-16)7-15(21)20-13-4-3-10(17)6-12(13)18/h2-6,8H,7H2,1H3,(H,20,21). The van der Waals surface area contributed by atoms with E-state index in [2.05, 4.69) is 10.3 Å². The van der Waals surface area contributed by atoms with Gasteiger partial charge in [-0.05, 0) is 37.3 Å². The van der Waals surface area contributed by atoms with E-state index in [-0.39, 0.29) is 12.3 Å². The van der Waals surface area contributed by atoms with Crippen LogP contribution < -0.4 is 5.32 Å². The van der Waals surface area contributed by atoms with Crippen molar-refractivity contribution in [3.05, 3.63) is 57.2 Å². The first-order valence-corrected chi connectivity index (χ1v) is 8.41. The van der Waals surface area contributed by atoms with Gasteiger partial charge in [0.2, 0.25) is 5.91 Å². The zero-order chi connectivity index (χ0) is 16.4.